The maximum atomic E-state index is 14.8. The smallest absolute Gasteiger partial charge is 0.259 e. The summed E-state index contributed by atoms with van der Waals surface area (Å²) >= 11 is 0. The first-order valence-corrected chi connectivity index (χ1v) is 10.4. The molecule has 7 nitrogen and oxygen atoms in total. The number of aromatic nitrogens is 3. The summed E-state index contributed by atoms with van der Waals surface area (Å²) in [5.74, 6) is -0.244. The average molecular weight is 445 g/mol. The average Bonchev–Trinajstić information content (AvgIpc) is 3.48. The first-order valence-electron chi connectivity index (χ1n) is 10.4. The third-order valence-corrected chi connectivity index (χ3v) is 5.72. The van der Waals surface area contributed by atoms with E-state index in [1.54, 1.807) is 12.3 Å². The quantitative estimate of drug-likeness (QED) is 0.644. The lowest BCUT2D eigenvalue weighted by atomic mass is 10.1. The van der Waals surface area contributed by atoms with E-state index in [-0.39, 0.29) is 18.0 Å². The summed E-state index contributed by atoms with van der Waals surface area (Å²) in [6.07, 6.45) is 5.79. The van der Waals surface area contributed by atoms with Gasteiger partial charge in [-0.15, -0.1) is 12.4 Å². The van der Waals surface area contributed by atoms with Crippen molar-refractivity contribution >= 4 is 35.5 Å². The van der Waals surface area contributed by atoms with Crippen molar-refractivity contribution in [3.05, 3.63) is 53.4 Å². The minimum absolute atomic E-state index is 0. The Morgan fingerprint density at radius 1 is 1.26 bits per heavy atom. The van der Waals surface area contributed by atoms with Crippen molar-refractivity contribution < 1.29 is 9.18 Å². The predicted molar refractivity (Wildman–Crippen MR) is 121 cm³/mol. The van der Waals surface area contributed by atoms with Crippen LogP contribution in [0.5, 0.6) is 0 Å². The minimum atomic E-state index is -0.529. The number of imidazole rings is 1. The van der Waals surface area contributed by atoms with Gasteiger partial charge in [-0.25, -0.2) is 14.4 Å². The zero-order chi connectivity index (χ0) is 20.8. The molecular weight excluding hydrogens is 419 g/mol. The van der Waals surface area contributed by atoms with Gasteiger partial charge in [0.15, 0.2) is 5.65 Å². The van der Waals surface area contributed by atoms with Gasteiger partial charge < -0.3 is 19.9 Å². The number of piperazine rings is 1. The van der Waals surface area contributed by atoms with Crippen molar-refractivity contribution in [3.63, 3.8) is 0 Å². The summed E-state index contributed by atoms with van der Waals surface area (Å²) in [7, 11) is 0. The SMILES string of the molecule is Cc1cn2cc(NC(=O)c3ccc(N4CCN[C@H](C)C4)cc3F)nc(C3CC3)c2n1.Cl. The normalized spacial score (nSPS) is 18.7. The Labute approximate surface area is 186 Å². The Balaban J connectivity index is 0.00000231. The van der Waals surface area contributed by atoms with E-state index in [1.807, 2.05) is 23.6 Å². The molecule has 0 spiro atoms. The Morgan fingerprint density at radius 2 is 2.06 bits per heavy atom. The summed E-state index contributed by atoms with van der Waals surface area (Å²) in [5.41, 5.74) is 3.42. The molecule has 9 heteroatoms. The molecule has 2 aliphatic rings. The van der Waals surface area contributed by atoms with Gasteiger partial charge in [-0.05, 0) is 44.9 Å². The van der Waals surface area contributed by atoms with Gasteiger partial charge in [0, 0.05) is 43.5 Å². The maximum absolute atomic E-state index is 14.8. The predicted octanol–water partition coefficient (Wildman–Crippen LogP) is 3.53. The van der Waals surface area contributed by atoms with E-state index < -0.39 is 11.7 Å². The van der Waals surface area contributed by atoms with Gasteiger partial charge in [0.05, 0.1) is 23.1 Å². The molecular formula is C22H26ClFN6O. The van der Waals surface area contributed by atoms with Gasteiger partial charge in [0.2, 0.25) is 0 Å². The summed E-state index contributed by atoms with van der Waals surface area (Å²) in [6.45, 7) is 6.51. The number of carbonyl (C=O) groups excluding carboxylic acids is 1. The molecule has 3 heterocycles. The van der Waals surface area contributed by atoms with Crippen LogP contribution in [0.15, 0.2) is 30.6 Å². The molecule has 0 radical (unpaired) electrons. The highest BCUT2D eigenvalue weighted by molar-refractivity contribution is 6.04. The van der Waals surface area contributed by atoms with E-state index in [1.165, 1.54) is 6.07 Å². The molecule has 2 aromatic heterocycles. The molecule has 3 aromatic rings. The summed E-state index contributed by atoms with van der Waals surface area (Å²) in [4.78, 5) is 24.1. The van der Waals surface area contributed by atoms with E-state index in [2.05, 4.69) is 32.4 Å². The van der Waals surface area contributed by atoms with E-state index in [0.717, 1.165) is 55.2 Å². The van der Waals surface area contributed by atoms with Crippen LogP contribution in [0, 0.1) is 12.7 Å². The molecule has 1 aliphatic heterocycles. The van der Waals surface area contributed by atoms with Gasteiger partial charge in [-0.1, -0.05) is 0 Å². The summed E-state index contributed by atoms with van der Waals surface area (Å²) in [6, 6.07) is 5.15. The zero-order valence-corrected chi connectivity index (χ0v) is 18.4. The van der Waals surface area contributed by atoms with Crippen LogP contribution in [-0.2, 0) is 0 Å². The van der Waals surface area contributed by atoms with Crippen molar-refractivity contribution in [2.45, 2.75) is 38.6 Å². The number of benzene rings is 1. The molecule has 1 atom stereocenters. The minimum Gasteiger partial charge on any atom is -0.369 e. The molecule has 5 rings (SSSR count). The van der Waals surface area contributed by atoms with Crippen LogP contribution in [0.1, 0.15) is 47.4 Å². The van der Waals surface area contributed by atoms with Crippen LogP contribution in [-0.4, -0.2) is 46.0 Å². The zero-order valence-electron chi connectivity index (χ0n) is 17.6. The number of halogens is 2. The molecule has 31 heavy (non-hydrogen) atoms. The Morgan fingerprint density at radius 3 is 2.77 bits per heavy atom. The van der Waals surface area contributed by atoms with E-state index >= 15 is 0 Å². The standard InChI is InChI=1S/C22H25FN6O.ClH/c1-13-10-28(8-7-24-13)16-5-6-17(18(23)9-16)22(30)27-19-12-29-11-14(2)25-21(29)20(26-19)15-3-4-15;/h5-6,9,11-13,15,24H,3-4,7-8,10H2,1-2H3,(H,27,30);1H/t13-;/m1./s1. The van der Waals surface area contributed by atoms with Gasteiger partial charge in [0.1, 0.15) is 11.6 Å². The molecule has 1 amide bonds. The highest BCUT2D eigenvalue weighted by atomic mass is 35.5. The van der Waals surface area contributed by atoms with Crippen molar-refractivity contribution in [2.75, 3.05) is 29.9 Å². The highest BCUT2D eigenvalue weighted by Gasteiger charge is 2.29. The first-order chi connectivity index (χ1) is 14.5. The number of nitrogens with one attached hydrogen (secondary N) is 2. The number of fused-ring (bicyclic) bond motifs is 1. The number of rotatable bonds is 4. The number of carbonyl (C=O) groups is 1. The van der Waals surface area contributed by atoms with Crippen LogP contribution in [0.2, 0.25) is 0 Å². The molecule has 1 aromatic carbocycles. The number of hydrogen-bond donors (Lipinski definition) is 2. The van der Waals surface area contributed by atoms with Crippen molar-refractivity contribution in [1.29, 1.82) is 0 Å². The van der Waals surface area contributed by atoms with Gasteiger partial charge in [-0.3, -0.25) is 4.79 Å². The largest absolute Gasteiger partial charge is 0.369 e. The van der Waals surface area contributed by atoms with Crippen LogP contribution in [0.25, 0.3) is 5.65 Å². The third kappa shape index (κ3) is 4.36. The molecule has 2 N–H and O–H groups in total. The summed E-state index contributed by atoms with van der Waals surface area (Å²) < 4.78 is 16.7. The highest BCUT2D eigenvalue weighted by Crippen LogP contribution is 2.41. The fourth-order valence-corrected chi connectivity index (χ4v) is 4.07. The van der Waals surface area contributed by atoms with Crippen molar-refractivity contribution in [2.24, 2.45) is 0 Å². The molecule has 1 aliphatic carbocycles. The fraction of sp³-hybridized carbons (Fsp3) is 0.409. The van der Waals surface area contributed by atoms with E-state index in [9.17, 15) is 9.18 Å². The Kier molecular flexibility index (Phi) is 5.85. The van der Waals surface area contributed by atoms with Gasteiger partial charge in [-0.2, -0.15) is 0 Å². The molecule has 1 saturated carbocycles. The van der Waals surface area contributed by atoms with Crippen LogP contribution >= 0.6 is 12.4 Å². The molecule has 1 saturated heterocycles. The van der Waals surface area contributed by atoms with Crippen molar-refractivity contribution in [1.82, 2.24) is 19.7 Å². The lowest BCUT2D eigenvalue weighted by Gasteiger charge is -2.33. The van der Waals surface area contributed by atoms with Gasteiger partial charge >= 0.3 is 0 Å². The molecule has 164 valence electrons. The second kappa shape index (κ2) is 8.43. The number of amides is 1. The topological polar surface area (TPSA) is 74.6 Å². The van der Waals surface area contributed by atoms with Crippen LogP contribution < -0.4 is 15.5 Å². The first kappa shape index (κ1) is 21.5. The Bertz CT molecular complexity index is 1130. The number of nitrogens with zero attached hydrogens (tertiary/aromatic N) is 4. The third-order valence-electron chi connectivity index (χ3n) is 5.72. The molecule has 2 fully saturated rings. The van der Waals surface area contributed by atoms with E-state index in [0.29, 0.717) is 17.8 Å². The number of hydrogen-bond acceptors (Lipinski definition) is 5. The lowest BCUT2D eigenvalue weighted by Crippen LogP contribution is -2.49. The second-order valence-corrected chi connectivity index (χ2v) is 8.32. The monoisotopic (exact) mass is 444 g/mol. The van der Waals surface area contributed by atoms with Crippen LogP contribution in [0.4, 0.5) is 15.9 Å². The number of anilines is 2. The summed E-state index contributed by atoms with van der Waals surface area (Å²) in [5, 5.41) is 6.14. The Hall–Kier alpha value is -2.71. The second-order valence-electron chi connectivity index (χ2n) is 8.32. The lowest BCUT2D eigenvalue weighted by molar-refractivity contribution is 0.102. The van der Waals surface area contributed by atoms with Crippen LogP contribution in [0.3, 0.4) is 0 Å². The van der Waals surface area contributed by atoms with E-state index in [4.69, 9.17) is 0 Å². The number of aryl methyl sites for hydroxylation is 1. The maximum Gasteiger partial charge on any atom is 0.259 e. The van der Waals surface area contributed by atoms with Gasteiger partial charge in [0.25, 0.3) is 5.91 Å². The van der Waals surface area contributed by atoms with Crippen molar-refractivity contribution in [3.8, 4) is 0 Å². The molecule has 0 bridgehead atoms. The molecule has 0 unspecified atom stereocenters. The fourth-order valence-electron chi connectivity index (χ4n) is 4.07.